The summed E-state index contributed by atoms with van der Waals surface area (Å²) < 4.78 is 27.1. The quantitative estimate of drug-likeness (QED) is 0.592. The van der Waals surface area contributed by atoms with Gasteiger partial charge in [-0.05, 0) is 36.5 Å². The van der Waals surface area contributed by atoms with Gasteiger partial charge in [-0.25, -0.2) is 8.42 Å². The fourth-order valence-electron chi connectivity index (χ4n) is 3.38. The Balaban J connectivity index is 2.52. The third-order valence-corrected chi connectivity index (χ3v) is 7.74. The van der Waals surface area contributed by atoms with E-state index in [9.17, 15) is 13.2 Å². The van der Waals surface area contributed by atoms with Crippen molar-refractivity contribution in [3.8, 4) is 0 Å². The van der Waals surface area contributed by atoms with Gasteiger partial charge in [0.1, 0.15) is 6.29 Å². The third-order valence-electron chi connectivity index (χ3n) is 5.21. The second-order valence-corrected chi connectivity index (χ2v) is 9.17. The summed E-state index contributed by atoms with van der Waals surface area (Å²) in [6, 6.07) is 17.0. The molecular weight excluding hydrogens is 344 g/mol. The van der Waals surface area contributed by atoms with Crippen molar-refractivity contribution >= 4 is 16.1 Å². The average Bonchev–Trinajstić information content (AvgIpc) is 2.66. The van der Waals surface area contributed by atoms with Crippen molar-refractivity contribution in [1.29, 1.82) is 0 Å². The standard InChI is InChI=1S/C22H28O3S/c1-4-11-21(22(3,5-2)17-23)26(24,25)20-15-10-9-14-19(20)16-18-12-7-6-8-13-18/h6-10,12-15,17,21H,4-5,11,16H2,1-3H3. The summed E-state index contributed by atoms with van der Waals surface area (Å²) in [6.07, 6.45) is 3.07. The SMILES string of the molecule is CCCC(C(C)(C=O)CC)S(=O)(=O)c1ccccc1Cc1ccccc1. The molecule has 0 aliphatic heterocycles. The minimum Gasteiger partial charge on any atom is -0.303 e. The van der Waals surface area contributed by atoms with Crippen LogP contribution in [0.1, 0.15) is 51.2 Å². The predicted molar refractivity (Wildman–Crippen MR) is 106 cm³/mol. The van der Waals surface area contributed by atoms with E-state index in [0.717, 1.165) is 17.4 Å². The van der Waals surface area contributed by atoms with Crippen LogP contribution in [0.15, 0.2) is 59.5 Å². The van der Waals surface area contributed by atoms with E-state index < -0.39 is 20.5 Å². The van der Waals surface area contributed by atoms with E-state index in [4.69, 9.17) is 0 Å². The summed E-state index contributed by atoms with van der Waals surface area (Å²) in [5.41, 5.74) is 0.967. The van der Waals surface area contributed by atoms with E-state index in [1.165, 1.54) is 0 Å². The molecule has 2 unspecified atom stereocenters. The zero-order chi connectivity index (χ0) is 19.2. The van der Waals surface area contributed by atoms with Crippen molar-refractivity contribution in [2.45, 2.75) is 56.6 Å². The highest BCUT2D eigenvalue weighted by Crippen LogP contribution is 2.36. The van der Waals surface area contributed by atoms with Gasteiger partial charge in [-0.1, -0.05) is 75.7 Å². The molecule has 0 saturated heterocycles. The van der Waals surface area contributed by atoms with E-state index in [2.05, 4.69) is 0 Å². The number of hydrogen-bond donors (Lipinski definition) is 0. The smallest absolute Gasteiger partial charge is 0.182 e. The van der Waals surface area contributed by atoms with E-state index in [1.54, 1.807) is 19.1 Å². The second-order valence-electron chi connectivity index (χ2n) is 7.07. The first-order valence-electron chi connectivity index (χ1n) is 9.21. The number of rotatable bonds is 9. The second kappa shape index (κ2) is 8.63. The van der Waals surface area contributed by atoms with Crippen molar-refractivity contribution in [3.63, 3.8) is 0 Å². The highest BCUT2D eigenvalue weighted by atomic mass is 32.2. The zero-order valence-corrected chi connectivity index (χ0v) is 16.6. The Morgan fingerprint density at radius 1 is 1.00 bits per heavy atom. The Labute approximate surface area is 157 Å². The van der Waals surface area contributed by atoms with Gasteiger partial charge in [0, 0.05) is 5.41 Å². The molecule has 0 fully saturated rings. The monoisotopic (exact) mass is 372 g/mol. The maximum atomic E-state index is 13.5. The summed E-state index contributed by atoms with van der Waals surface area (Å²) in [7, 11) is -3.63. The predicted octanol–water partition coefficient (Wildman–Crippen LogP) is 4.84. The molecule has 2 rings (SSSR count). The van der Waals surface area contributed by atoms with Crippen molar-refractivity contribution in [2.24, 2.45) is 5.41 Å². The Morgan fingerprint density at radius 2 is 1.62 bits per heavy atom. The Morgan fingerprint density at radius 3 is 2.19 bits per heavy atom. The van der Waals surface area contributed by atoms with Crippen LogP contribution in [0.2, 0.25) is 0 Å². The van der Waals surface area contributed by atoms with Gasteiger partial charge in [0.15, 0.2) is 9.84 Å². The van der Waals surface area contributed by atoms with Crippen molar-refractivity contribution in [3.05, 3.63) is 65.7 Å². The molecule has 0 aliphatic rings. The fourth-order valence-corrected chi connectivity index (χ4v) is 5.94. The molecule has 2 aromatic carbocycles. The fraction of sp³-hybridized carbons (Fsp3) is 0.409. The van der Waals surface area contributed by atoms with Crippen LogP contribution < -0.4 is 0 Å². The van der Waals surface area contributed by atoms with Crippen molar-refractivity contribution in [2.75, 3.05) is 0 Å². The summed E-state index contributed by atoms with van der Waals surface area (Å²) in [4.78, 5) is 12.1. The summed E-state index contributed by atoms with van der Waals surface area (Å²) >= 11 is 0. The maximum absolute atomic E-state index is 13.5. The molecule has 0 aromatic heterocycles. The first kappa shape index (κ1) is 20.4. The lowest BCUT2D eigenvalue weighted by Gasteiger charge is -2.32. The lowest BCUT2D eigenvalue weighted by Crippen LogP contribution is -2.40. The molecule has 26 heavy (non-hydrogen) atoms. The minimum absolute atomic E-state index is 0.351. The molecule has 3 nitrogen and oxygen atoms in total. The first-order chi connectivity index (χ1) is 12.4. The minimum atomic E-state index is -3.63. The number of sulfone groups is 1. The first-order valence-corrected chi connectivity index (χ1v) is 10.8. The van der Waals surface area contributed by atoms with E-state index in [-0.39, 0.29) is 0 Å². The van der Waals surface area contributed by atoms with Gasteiger partial charge in [-0.3, -0.25) is 0 Å². The number of hydrogen-bond acceptors (Lipinski definition) is 3. The van der Waals surface area contributed by atoms with Gasteiger partial charge in [0.2, 0.25) is 0 Å². The summed E-state index contributed by atoms with van der Waals surface area (Å²) in [6.45, 7) is 5.60. The van der Waals surface area contributed by atoms with Gasteiger partial charge < -0.3 is 4.79 Å². The molecule has 2 aromatic rings. The number of carbonyl (C=O) groups excluding carboxylic acids is 1. The largest absolute Gasteiger partial charge is 0.303 e. The van der Waals surface area contributed by atoms with Crippen LogP contribution in [-0.2, 0) is 21.1 Å². The molecular formula is C22H28O3S. The van der Waals surface area contributed by atoms with E-state index >= 15 is 0 Å². The van der Waals surface area contributed by atoms with Gasteiger partial charge in [0.25, 0.3) is 0 Å². The topological polar surface area (TPSA) is 51.2 Å². The highest BCUT2D eigenvalue weighted by molar-refractivity contribution is 7.92. The lowest BCUT2D eigenvalue weighted by molar-refractivity contribution is -0.115. The van der Waals surface area contributed by atoms with Crippen LogP contribution in [0, 0.1) is 5.41 Å². The molecule has 140 valence electrons. The highest BCUT2D eigenvalue weighted by Gasteiger charge is 2.42. The Bertz CT molecular complexity index is 827. The molecule has 4 heteroatoms. The van der Waals surface area contributed by atoms with E-state index in [0.29, 0.717) is 30.6 Å². The summed E-state index contributed by atoms with van der Waals surface area (Å²) in [5, 5.41) is -0.709. The van der Waals surface area contributed by atoms with Crippen LogP contribution in [0.5, 0.6) is 0 Å². The Kier molecular flexibility index (Phi) is 6.76. The van der Waals surface area contributed by atoms with Crippen LogP contribution in [0.25, 0.3) is 0 Å². The molecule has 2 atom stereocenters. The van der Waals surface area contributed by atoms with Gasteiger partial charge >= 0.3 is 0 Å². The molecule has 0 N–H and O–H groups in total. The number of benzene rings is 2. The third kappa shape index (κ3) is 4.24. The van der Waals surface area contributed by atoms with Crippen LogP contribution in [0.3, 0.4) is 0 Å². The molecule has 0 radical (unpaired) electrons. The number of aldehydes is 1. The van der Waals surface area contributed by atoms with Crippen molar-refractivity contribution < 1.29 is 13.2 Å². The molecule has 0 spiro atoms. The normalized spacial score (nSPS) is 15.2. The average molecular weight is 373 g/mol. The van der Waals surface area contributed by atoms with Crippen LogP contribution >= 0.6 is 0 Å². The van der Waals surface area contributed by atoms with Gasteiger partial charge in [-0.15, -0.1) is 0 Å². The zero-order valence-electron chi connectivity index (χ0n) is 15.8. The van der Waals surface area contributed by atoms with E-state index in [1.807, 2.05) is 56.3 Å². The number of carbonyl (C=O) groups is 1. The molecule has 0 bridgehead atoms. The molecule has 0 heterocycles. The molecule has 0 saturated carbocycles. The van der Waals surface area contributed by atoms with Crippen LogP contribution in [-0.4, -0.2) is 20.0 Å². The van der Waals surface area contributed by atoms with Gasteiger partial charge in [-0.2, -0.15) is 0 Å². The van der Waals surface area contributed by atoms with Crippen LogP contribution in [0.4, 0.5) is 0 Å². The lowest BCUT2D eigenvalue weighted by atomic mass is 9.83. The summed E-state index contributed by atoms with van der Waals surface area (Å²) in [5.74, 6) is 0. The molecule has 0 aliphatic carbocycles. The molecule has 0 amide bonds. The van der Waals surface area contributed by atoms with Gasteiger partial charge in [0.05, 0.1) is 10.1 Å². The maximum Gasteiger partial charge on any atom is 0.182 e. The Hall–Kier alpha value is -1.94. The van der Waals surface area contributed by atoms with Crippen molar-refractivity contribution in [1.82, 2.24) is 0 Å².